The van der Waals surface area contributed by atoms with E-state index in [1.165, 1.54) is 11.8 Å². The van der Waals surface area contributed by atoms with Gasteiger partial charge >= 0.3 is 0 Å². The second kappa shape index (κ2) is 7.96. The molecule has 1 rings (SSSR count). The molecule has 3 unspecified atom stereocenters. The molecule has 0 spiro atoms. The molecule has 1 saturated heterocycles. The maximum absolute atomic E-state index is 12.7. The minimum atomic E-state index is -0.667. The van der Waals surface area contributed by atoms with Crippen molar-refractivity contribution in [1.29, 1.82) is 0 Å². The number of carbonyl (C=O) groups excluding carboxylic acids is 3. The maximum Gasteiger partial charge on any atom is 0.220 e. The number of ketones is 2. The highest BCUT2D eigenvalue weighted by molar-refractivity contribution is 5.92. The Morgan fingerprint density at radius 2 is 1.72 bits per heavy atom. The molecule has 0 aromatic heterocycles. The van der Waals surface area contributed by atoms with Gasteiger partial charge < -0.3 is 15.3 Å². The van der Waals surface area contributed by atoms with E-state index in [-0.39, 0.29) is 42.4 Å². The van der Waals surface area contributed by atoms with Crippen molar-refractivity contribution < 1.29 is 19.5 Å². The Kier molecular flexibility index (Phi) is 6.93. The zero-order valence-corrected chi connectivity index (χ0v) is 16.7. The van der Waals surface area contributed by atoms with Crippen LogP contribution in [0.15, 0.2) is 0 Å². The third kappa shape index (κ3) is 6.51. The summed E-state index contributed by atoms with van der Waals surface area (Å²) in [6.45, 7) is 13.4. The number of aliphatic hydroxyl groups excluding tert-OH is 1. The van der Waals surface area contributed by atoms with Gasteiger partial charge in [0.25, 0.3) is 0 Å². The van der Waals surface area contributed by atoms with Crippen LogP contribution < -0.4 is 5.32 Å². The molecular formula is C19H34N2O4. The Morgan fingerprint density at radius 1 is 1.16 bits per heavy atom. The van der Waals surface area contributed by atoms with Gasteiger partial charge in [-0.25, -0.2) is 0 Å². The average molecular weight is 354 g/mol. The Hall–Kier alpha value is -1.27. The Bertz CT molecular complexity index is 516. The van der Waals surface area contributed by atoms with Crippen LogP contribution in [0.5, 0.6) is 0 Å². The molecule has 0 aliphatic carbocycles. The number of likely N-dealkylation sites (tertiary alicyclic amines) is 1. The number of rotatable bonds is 6. The number of hydrogen-bond donors (Lipinski definition) is 2. The number of hydrogen-bond acceptors (Lipinski definition) is 5. The predicted molar refractivity (Wildman–Crippen MR) is 97.1 cm³/mol. The molecule has 1 aliphatic heterocycles. The molecule has 0 radical (unpaired) electrons. The van der Waals surface area contributed by atoms with E-state index in [4.69, 9.17) is 0 Å². The third-order valence-electron chi connectivity index (χ3n) is 4.45. The van der Waals surface area contributed by atoms with Crippen LogP contribution in [-0.4, -0.2) is 58.8 Å². The molecule has 0 aromatic rings. The van der Waals surface area contributed by atoms with Crippen molar-refractivity contribution in [3.05, 3.63) is 0 Å². The number of Topliss-reactive ketones (excluding diaryl/α,β-unsaturated/α-hetero) is 2. The monoisotopic (exact) mass is 354 g/mol. The number of carbonyl (C=O) groups is 3. The fourth-order valence-corrected chi connectivity index (χ4v) is 3.20. The van der Waals surface area contributed by atoms with Gasteiger partial charge in [0.15, 0.2) is 11.6 Å². The van der Waals surface area contributed by atoms with Crippen molar-refractivity contribution in [2.45, 2.75) is 79.5 Å². The normalized spacial score (nSPS) is 22.8. The van der Waals surface area contributed by atoms with E-state index < -0.39 is 23.6 Å². The lowest BCUT2D eigenvalue weighted by Crippen LogP contribution is -2.49. The first-order valence-electron chi connectivity index (χ1n) is 8.98. The van der Waals surface area contributed by atoms with E-state index in [0.29, 0.717) is 6.42 Å². The highest BCUT2D eigenvalue weighted by Gasteiger charge is 2.38. The van der Waals surface area contributed by atoms with Crippen LogP contribution in [0.3, 0.4) is 0 Å². The van der Waals surface area contributed by atoms with Crippen LogP contribution >= 0.6 is 0 Å². The lowest BCUT2D eigenvalue weighted by molar-refractivity contribution is -0.136. The van der Waals surface area contributed by atoms with Crippen LogP contribution in [0, 0.1) is 10.8 Å². The number of amides is 1. The molecule has 1 aliphatic rings. The molecule has 25 heavy (non-hydrogen) atoms. The molecule has 0 saturated carbocycles. The van der Waals surface area contributed by atoms with Crippen LogP contribution in [-0.2, 0) is 14.4 Å². The number of β-amino-alcohol motifs (C(OH)–C–C–N with tert-alkyl or cyclic N) is 1. The molecular weight excluding hydrogens is 320 g/mol. The fourth-order valence-electron chi connectivity index (χ4n) is 3.20. The number of nitrogens with zero attached hydrogens (tertiary/aromatic N) is 1. The van der Waals surface area contributed by atoms with E-state index in [1.807, 2.05) is 20.8 Å². The van der Waals surface area contributed by atoms with Crippen molar-refractivity contribution in [2.24, 2.45) is 10.8 Å². The van der Waals surface area contributed by atoms with Gasteiger partial charge in [0.2, 0.25) is 5.91 Å². The van der Waals surface area contributed by atoms with E-state index in [2.05, 4.69) is 26.1 Å². The van der Waals surface area contributed by atoms with Gasteiger partial charge in [-0.2, -0.15) is 0 Å². The van der Waals surface area contributed by atoms with Crippen molar-refractivity contribution in [2.75, 3.05) is 13.1 Å². The van der Waals surface area contributed by atoms with Gasteiger partial charge in [0, 0.05) is 25.3 Å². The van der Waals surface area contributed by atoms with Crippen LogP contribution in [0.4, 0.5) is 0 Å². The molecule has 0 bridgehead atoms. The zero-order valence-electron chi connectivity index (χ0n) is 16.7. The summed E-state index contributed by atoms with van der Waals surface area (Å²) in [6.07, 6.45) is 0.219. The first-order valence-corrected chi connectivity index (χ1v) is 8.98. The van der Waals surface area contributed by atoms with Gasteiger partial charge in [-0.3, -0.25) is 14.4 Å². The Labute approximate surface area is 151 Å². The van der Waals surface area contributed by atoms with Gasteiger partial charge in [-0.05, 0) is 11.8 Å². The maximum atomic E-state index is 12.7. The third-order valence-corrected chi connectivity index (χ3v) is 4.45. The predicted octanol–water partition coefficient (Wildman–Crippen LogP) is 1.55. The summed E-state index contributed by atoms with van der Waals surface area (Å²) in [4.78, 5) is 38.4. The second-order valence-electron chi connectivity index (χ2n) is 9.36. The van der Waals surface area contributed by atoms with E-state index in [0.717, 1.165) is 0 Å². The van der Waals surface area contributed by atoms with Gasteiger partial charge in [0.05, 0.1) is 24.7 Å². The summed E-state index contributed by atoms with van der Waals surface area (Å²) in [5.74, 6) is -0.301. The number of aliphatic hydroxyl groups is 1. The quantitative estimate of drug-likeness (QED) is 0.756. The topological polar surface area (TPSA) is 86.7 Å². The average Bonchev–Trinajstić information content (AvgIpc) is 2.82. The molecule has 6 heteroatoms. The van der Waals surface area contributed by atoms with Gasteiger partial charge in [0.1, 0.15) is 0 Å². The smallest absolute Gasteiger partial charge is 0.220 e. The van der Waals surface area contributed by atoms with Crippen molar-refractivity contribution >= 4 is 17.5 Å². The molecule has 144 valence electrons. The molecule has 3 atom stereocenters. The summed E-state index contributed by atoms with van der Waals surface area (Å²) >= 11 is 0. The lowest BCUT2D eigenvalue weighted by Gasteiger charge is -2.31. The van der Waals surface area contributed by atoms with E-state index in [1.54, 1.807) is 0 Å². The molecule has 6 nitrogen and oxygen atoms in total. The summed E-state index contributed by atoms with van der Waals surface area (Å²) < 4.78 is 0. The molecule has 1 heterocycles. The van der Waals surface area contributed by atoms with Crippen molar-refractivity contribution in [3.8, 4) is 0 Å². The zero-order chi connectivity index (χ0) is 19.6. The Morgan fingerprint density at radius 3 is 2.16 bits per heavy atom. The molecule has 1 amide bonds. The Balaban J connectivity index is 2.80. The van der Waals surface area contributed by atoms with Crippen LogP contribution in [0.2, 0.25) is 0 Å². The lowest BCUT2D eigenvalue weighted by atomic mass is 9.79. The van der Waals surface area contributed by atoms with Crippen LogP contribution in [0.25, 0.3) is 0 Å². The molecule has 1 fully saturated rings. The SMILES string of the molecule is CC(=O)N1CC(O)CC1C(=O)CNC(CC(C)(C)C)C(=O)C(C)(C)C. The summed E-state index contributed by atoms with van der Waals surface area (Å²) in [7, 11) is 0. The van der Waals surface area contributed by atoms with Crippen molar-refractivity contribution in [3.63, 3.8) is 0 Å². The minimum Gasteiger partial charge on any atom is -0.391 e. The van der Waals surface area contributed by atoms with E-state index in [9.17, 15) is 19.5 Å². The fraction of sp³-hybridized carbons (Fsp3) is 0.842. The second-order valence-corrected chi connectivity index (χ2v) is 9.36. The summed E-state index contributed by atoms with van der Waals surface area (Å²) in [6, 6.07) is -1.03. The van der Waals surface area contributed by atoms with Gasteiger partial charge in [-0.1, -0.05) is 41.5 Å². The molecule has 0 aromatic carbocycles. The first-order chi connectivity index (χ1) is 11.2. The van der Waals surface area contributed by atoms with Crippen molar-refractivity contribution in [1.82, 2.24) is 10.2 Å². The highest BCUT2D eigenvalue weighted by atomic mass is 16.3. The van der Waals surface area contributed by atoms with E-state index >= 15 is 0 Å². The first kappa shape index (κ1) is 21.8. The highest BCUT2D eigenvalue weighted by Crippen LogP contribution is 2.26. The molecule has 2 N–H and O–H groups in total. The number of nitrogens with one attached hydrogen (secondary N) is 1. The minimum absolute atomic E-state index is 0.0176. The largest absolute Gasteiger partial charge is 0.391 e. The summed E-state index contributed by atoms with van der Waals surface area (Å²) in [5.41, 5.74) is -0.558. The van der Waals surface area contributed by atoms with Crippen LogP contribution in [0.1, 0.15) is 61.3 Å². The summed E-state index contributed by atoms with van der Waals surface area (Å²) in [5, 5.41) is 12.9. The van der Waals surface area contributed by atoms with Gasteiger partial charge in [-0.15, -0.1) is 0 Å². The standard InChI is InChI=1S/C19H34N2O4/c1-12(22)21-11-13(23)8-15(21)16(24)10-20-14(9-18(2,3)4)17(25)19(5,6)7/h13-15,20,23H,8-11H2,1-7H3.